The van der Waals surface area contributed by atoms with Crippen LogP contribution in [-0.4, -0.2) is 20.7 Å². The molecule has 1 N–H and O–H groups in total. The Morgan fingerprint density at radius 2 is 2.00 bits per heavy atom. The summed E-state index contributed by atoms with van der Waals surface area (Å²) in [6.07, 6.45) is 3.87. The Kier molecular flexibility index (Phi) is 3.80. The van der Waals surface area contributed by atoms with E-state index in [4.69, 9.17) is 0 Å². The summed E-state index contributed by atoms with van der Waals surface area (Å²) in [5, 5.41) is 8.20. The van der Waals surface area contributed by atoms with E-state index in [1.165, 1.54) is 10.7 Å². The Morgan fingerprint density at radius 3 is 2.80 bits per heavy atom. The van der Waals surface area contributed by atoms with Crippen LogP contribution in [0.2, 0.25) is 0 Å². The lowest BCUT2D eigenvalue weighted by atomic mass is 10.2. The maximum Gasteiger partial charge on any atom is 0.267 e. The monoisotopic (exact) mass is 334 g/mol. The van der Waals surface area contributed by atoms with Crippen molar-refractivity contribution in [2.24, 2.45) is 0 Å². The largest absolute Gasteiger partial charge is 0.322 e. The van der Waals surface area contributed by atoms with Gasteiger partial charge in [-0.05, 0) is 38.0 Å². The molecule has 4 rings (SSSR count). The Labute approximate surface area is 144 Å². The second kappa shape index (κ2) is 6.12. The number of benzene rings is 1. The van der Waals surface area contributed by atoms with Crippen molar-refractivity contribution >= 4 is 22.5 Å². The Balaban J connectivity index is 1.62. The minimum absolute atomic E-state index is 0.275. The maximum absolute atomic E-state index is 12.7. The third kappa shape index (κ3) is 3.03. The van der Waals surface area contributed by atoms with E-state index in [1.54, 1.807) is 25.3 Å². The van der Waals surface area contributed by atoms with Gasteiger partial charge in [0.25, 0.3) is 5.56 Å². The van der Waals surface area contributed by atoms with Gasteiger partial charge in [0.2, 0.25) is 5.91 Å². The molecule has 1 unspecified atom stereocenters. The first kappa shape index (κ1) is 15.5. The Bertz CT molecular complexity index is 1000. The van der Waals surface area contributed by atoms with Crippen molar-refractivity contribution in [1.82, 2.24) is 14.8 Å². The molecular weight excluding hydrogens is 316 g/mol. The summed E-state index contributed by atoms with van der Waals surface area (Å²) in [5.74, 6) is 0.130. The molecule has 0 spiro atoms. The van der Waals surface area contributed by atoms with Crippen molar-refractivity contribution in [3.63, 3.8) is 0 Å². The number of nitrogens with one attached hydrogen (secondary N) is 1. The van der Waals surface area contributed by atoms with Gasteiger partial charge in [-0.25, -0.2) is 4.68 Å². The van der Waals surface area contributed by atoms with Gasteiger partial charge in [-0.1, -0.05) is 18.2 Å². The van der Waals surface area contributed by atoms with Gasteiger partial charge in [-0.15, -0.1) is 0 Å². The van der Waals surface area contributed by atoms with E-state index in [0.29, 0.717) is 11.6 Å². The fourth-order valence-corrected chi connectivity index (χ4v) is 2.87. The van der Waals surface area contributed by atoms with Crippen LogP contribution in [0.4, 0.5) is 5.69 Å². The molecule has 1 aliphatic rings. The lowest BCUT2D eigenvalue weighted by Gasteiger charge is -2.15. The number of hydrogen-bond acceptors (Lipinski definition) is 4. The number of carbonyl (C=O) groups is 1. The first-order valence-electron chi connectivity index (χ1n) is 8.38. The van der Waals surface area contributed by atoms with Gasteiger partial charge in [0.05, 0.1) is 16.9 Å². The SMILES string of the molecule is CC(C(=O)Nc1cccc2cccnc12)n1nc(C2CC2)ccc1=O. The number of aromatic nitrogens is 3. The van der Waals surface area contributed by atoms with E-state index < -0.39 is 6.04 Å². The molecule has 6 heteroatoms. The molecule has 126 valence electrons. The van der Waals surface area contributed by atoms with Crippen LogP contribution in [0.15, 0.2) is 53.5 Å². The van der Waals surface area contributed by atoms with Crippen LogP contribution >= 0.6 is 0 Å². The number of anilines is 1. The van der Waals surface area contributed by atoms with Gasteiger partial charge in [-0.2, -0.15) is 5.10 Å². The summed E-state index contributed by atoms with van der Waals surface area (Å²) < 4.78 is 1.27. The summed E-state index contributed by atoms with van der Waals surface area (Å²) in [5.41, 5.74) is 1.95. The van der Waals surface area contributed by atoms with Crippen LogP contribution < -0.4 is 10.9 Å². The second-order valence-corrected chi connectivity index (χ2v) is 6.36. The summed E-state index contributed by atoms with van der Waals surface area (Å²) in [6, 6.07) is 11.9. The fraction of sp³-hybridized carbons (Fsp3) is 0.263. The van der Waals surface area contributed by atoms with Crippen LogP contribution in [0.1, 0.15) is 37.4 Å². The molecule has 0 aliphatic heterocycles. The van der Waals surface area contributed by atoms with Crippen molar-refractivity contribution < 1.29 is 4.79 Å². The summed E-state index contributed by atoms with van der Waals surface area (Å²) in [6.45, 7) is 1.68. The predicted octanol–water partition coefficient (Wildman–Crippen LogP) is 2.87. The highest BCUT2D eigenvalue weighted by molar-refractivity contribution is 6.01. The van der Waals surface area contributed by atoms with Gasteiger partial charge in [0, 0.05) is 23.6 Å². The van der Waals surface area contributed by atoms with Crippen LogP contribution in [-0.2, 0) is 4.79 Å². The van der Waals surface area contributed by atoms with Gasteiger partial charge < -0.3 is 5.32 Å². The normalized spacial score (nSPS) is 15.1. The average Bonchev–Trinajstić information content (AvgIpc) is 3.47. The highest BCUT2D eigenvalue weighted by atomic mass is 16.2. The van der Waals surface area contributed by atoms with Crippen molar-refractivity contribution in [3.05, 3.63) is 64.7 Å². The summed E-state index contributed by atoms with van der Waals surface area (Å²) in [4.78, 5) is 29.1. The first-order chi connectivity index (χ1) is 12.1. The second-order valence-electron chi connectivity index (χ2n) is 6.36. The zero-order chi connectivity index (χ0) is 17.4. The number of pyridine rings is 1. The highest BCUT2D eigenvalue weighted by Crippen LogP contribution is 2.38. The van der Waals surface area contributed by atoms with E-state index in [0.717, 1.165) is 29.4 Å². The fourth-order valence-electron chi connectivity index (χ4n) is 2.87. The number of carbonyl (C=O) groups excluding carboxylic acids is 1. The summed E-state index contributed by atoms with van der Waals surface area (Å²) in [7, 11) is 0. The molecule has 1 atom stereocenters. The molecule has 2 aromatic heterocycles. The van der Waals surface area contributed by atoms with E-state index in [2.05, 4.69) is 15.4 Å². The zero-order valence-electron chi connectivity index (χ0n) is 13.8. The van der Waals surface area contributed by atoms with Gasteiger partial charge in [-0.3, -0.25) is 14.6 Å². The van der Waals surface area contributed by atoms with E-state index >= 15 is 0 Å². The zero-order valence-corrected chi connectivity index (χ0v) is 13.8. The molecule has 6 nitrogen and oxygen atoms in total. The average molecular weight is 334 g/mol. The number of para-hydroxylation sites is 1. The standard InChI is InChI=1S/C19H18N4O2/c1-12(23-17(24)10-9-15(22-23)13-7-8-13)19(25)21-16-6-2-4-14-5-3-11-20-18(14)16/h2-6,9-13H,7-8H2,1H3,(H,21,25). The molecule has 2 heterocycles. The van der Waals surface area contributed by atoms with E-state index in [1.807, 2.05) is 24.3 Å². The maximum atomic E-state index is 12.7. The van der Waals surface area contributed by atoms with Crippen LogP contribution in [0.5, 0.6) is 0 Å². The molecule has 1 aromatic carbocycles. The lowest BCUT2D eigenvalue weighted by Crippen LogP contribution is -2.33. The number of nitrogens with zero attached hydrogens (tertiary/aromatic N) is 3. The van der Waals surface area contributed by atoms with Crippen LogP contribution in [0, 0.1) is 0 Å². The molecule has 0 bridgehead atoms. The highest BCUT2D eigenvalue weighted by Gasteiger charge is 2.27. The van der Waals surface area contributed by atoms with Crippen molar-refractivity contribution in [2.45, 2.75) is 31.7 Å². The van der Waals surface area contributed by atoms with Crippen molar-refractivity contribution in [3.8, 4) is 0 Å². The molecule has 25 heavy (non-hydrogen) atoms. The predicted molar refractivity (Wildman–Crippen MR) is 95.6 cm³/mol. The van der Waals surface area contributed by atoms with E-state index in [9.17, 15) is 9.59 Å². The third-order valence-electron chi connectivity index (χ3n) is 4.48. The minimum atomic E-state index is -0.704. The van der Waals surface area contributed by atoms with Gasteiger partial charge in [0.1, 0.15) is 6.04 Å². The molecule has 1 fully saturated rings. The number of rotatable bonds is 4. The lowest BCUT2D eigenvalue weighted by molar-refractivity contribution is -0.119. The third-order valence-corrected chi connectivity index (χ3v) is 4.48. The minimum Gasteiger partial charge on any atom is -0.322 e. The molecule has 1 saturated carbocycles. The number of hydrogen-bond donors (Lipinski definition) is 1. The van der Waals surface area contributed by atoms with Gasteiger partial charge in [0.15, 0.2) is 0 Å². The molecule has 1 aliphatic carbocycles. The Morgan fingerprint density at radius 1 is 1.20 bits per heavy atom. The first-order valence-corrected chi connectivity index (χ1v) is 8.38. The van der Waals surface area contributed by atoms with E-state index in [-0.39, 0.29) is 11.5 Å². The topological polar surface area (TPSA) is 76.9 Å². The van der Waals surface area contributed by atoms with Crippen LogP contribution in [0.25, 0.3) is 10.9 Å². The van der Waals surface area contributed by atoms with Gasteiger partial charge >= 0.3 is 0 Å². The van der Waals surface area contributed by atoms with Crippen LogP contribution in [0.3, 0.4) is 0 Å². The van der Waals surface area contributed by atoms with Crippen molar-refractivity contribution in [2.75, 3.05) is 5.32 Å². The molecular formula is C19H18N4O2. The number of amides is 1. The Hall–Kier alpha value is -3.02. The number of fused-ring (bicyclic) bond motifs is 1. The molecule has 3 aromatic rings. The quantitative estimate of drug-likeness (QED) is 0.796. The molecule has 1 amide bonds. The smallest absolute Gasteiger partial charge is 0.267 e. The summed E-state index contributed by atoms with van der Waals surface area (Å²) >= 11 is 0. The molecule has 0 radical (unpaired) electrons. The van der Waals surface area contributed by atoms with Crippen molar-refractivity contribution in [1.29, 1.82) is 0 Å². The molecule has 0 saturated heterocycles.